The molecular weight excluding hydrogens is 230 g/mol. The van der Waals surface area contributed by atoms with Crippen molar-refractivity contribution in [2.24, 2.45) is 0 Å². The molecule has 3 N–H and O–H groups in total. The summed E-state index contributed by atoms with van der Waals surface area (Å²) >= 11 is 0. The standard InChI is InChI=1S/C13H19N3O2/c1-10(2)16-12(17)9-15-13(18)14-8-11-6-4-3-5-7-11/h3-7,10H,8-9H2,1-2H3,(H,16,17)(H2,14,15,18). The summed E-state index contributed by atoms with van der Waals surface area (Å²) in [6, 6.07) is 9.30. The minimum absolute atomic E-state index is 0.0151. The number of amides is 3. The molecule has 0 saturated carbocycles. The first-order valence-corrected chi connectivity index (χ1v) is 5.93. The fourth-order valence-corrected chi connectivity index (χ4v) is 1.37. The summed E-state index contributed by atoms with van der Waals surface area (Å²) in [6.07, 6.45) is 0. The molecule has 1 aromatic rings. The third kappa shape index (κ3) is 5.89. The molecule has 5 nitrogen and oxygen atoms in total. The van der Waals surface area contributed by atoms with E-state index in [0.29, 0.717) is 6.54 Å². The van der Waals surface area contributed by atoms with E-state index in [4.69, 9.17) is 0 Å². The quantitative estimate of drug-likeness (QED) is 0.729. The summed E-state index contributed by atoms with van der Waals surface area (Å²) in [6.45, 7) is 4.16. The molecule has 0 unspecified atom stereocenters. The lowest BCUT2D eigenvalue weighted by Crippen LogP contribution is -2.43. The van der Waals surface area contributed by atoms with Crippen LogP contribution >= 0.6 is 0 Å². The first-order chi connectivity index (χ1) is 8.58. The molecule has 5 heteroatoms. The second-order valence-corrected chi connectivity index (χ2v) is 4.24. The van der Waals surface area contributed by atoms with Gasteiger partial charge >= 0.3 is 6.03 Å². The normalized spacial score (nSPS) is 9.94. The number of hydrogen-bond donors (Lipinski definition) is 3. The van der Waals surface area contributed by atoms with Crippen LogP contribution in [-0.4, -0.2) is 24.5 Å². The van der Waals surface area contributed by atoms with Crippen LogP contribution in [0.25, 0.3) is 0 Å². The highest BCUT2D eigenvalue weighted by Crippen LogP contribution is 1.96. The molecule has 98 valence electrons. The molecule has 0 bridgehead atoms. The molecular formula is C13H19N3O2. The average molecular weight is 249 g/mol. The molecule has 0 radical (unpaired) electrons. The smallest absolute Gasteiger partial charge is 0.315 e. The molecule has 0 heterocycles. The van der Waals surface area contributed by atoms with Crippen LogP contribution in [0.3, 0.4) is 0 Å². The monoisotopic (exact) mass is 249 g/mol. The van der Waals surface area contributed by atoms with E-state index in [9.17, 15) is 9.59 Å². The second kappa shape index (κ2) is 7.32. The highest BCUT2D eigenvalue weighted by Gasteiger charge is 2.05. The van der Waals surface area contributed by atoms with Gasteiger partial charge in [-0.1, -0.05) is 30.3 Å². The van der Waals surface area contributed by atoms with Crippen LogP contribution in [-0.2, 0) is 11.3 Å². The Morgan fingerprint density at radius 2 is 1.78 bits per heavy atom. The van der Waals surface area contributed by atoms with Crippen LogP contribution in [0.15, 0.2) is 30.3 Å². The fraction of sp³-hybridized carbons (Fsp3) is 0.385. The van der Waals surface area contributed by atoms with Crippen molar-refractivity contribution in [2.75, 3.05) is 6.54 Å². The number of urea groups is 1. The average Bonchev–Trinajstić information content (AvgIpc) is 2.34. The molecule has 0 aromatic heterocycles. The molecule has 0 atom stereocenters. The van der Waals surface area contributed by atoms with E-state index in [1.54, 1.807) is 0 Å². The Hall–Kier alpha value is -2.04. The highest BCUT2D eigenvalue weighted by atomic mass is 16.2. The third-order valence-electron chi connectivity index (χ3n) is 2.16. The number of hydrogen-bond acceptors (Lipinski definition) is 2. The number of carbonyl (C=O) groups excluding carboxylic acids is 2. The summed E-state index contributed by atoms with van der Waals surface area (Å²) in [7, 11) is 0. The van der Waals surface area contributed by atoms with E-state index in [0.717, 1.165) is 5.56 Å². The summed E-state index contributed by atoms with van der Waals surface area (Å²) in [5.74, 6) is -0.195. The number of benzene rings is 1. The van der Waals surface area contributed by atoms with Gasteiger partial charge in [-0.05, 0) is 19.4 Å². The summed E-state index contributed by atoms with van der Waals surface area (Å²) < 4.78 is 0. The molecule has 3 amide bonds. The van der Waals surface area contributed by atoms with Gasteiger partial charge in [-0.2, -0.15) is 0 Å². The van der Waals surface area contributed by atoms with E-state index in [-0.39, 0.29) is 24.5 Å². The van der Waals surface area contributed by atoms with Crippen LogP contribution in [0.2, 0.25) is 0 Å². The summed E-state index contributed by atoms with van der Waals surface area (Å²) in [5.41, 5.74) is 1.01. The molecule has 1 aromatic carbocycles. The maximum atomic E-state index is 11.4. The van der Waals surface area contributed by atoms with E-state index in [1.807, 2.05) is 44.2 Å². The van der Waals surface area contributed by atoms with Crippen molar-refractivity contribution in [2.45, 2.75) is 26.4 Å². The van der Waals surface area contributed by atoms with E-state index in [2.05, 4.69) is 16.0 Å². The first kappa shape index (κ1) is 14.0. The van der Waals surface area contributed by atoms with Crippen molar-refractivity contribution < 1.29 is 9.59 Å². The van der Waals surface area contributed by atoms with Gasteiger partial charge in [0.15, 0.2) is 0 Å². The Balaban J connectivity index is 2.20. The van der Waals surface area contributed by atoms with Crippen molar-refractivity contribution in [1.82, 2.24) is 16.0 Å². The summed E-state index contributed by atoms with van der Waals surface area (Å²) in [5, 5.41) is 7.86. The maximum Gasteiger partial charge on any atom is 0.315 e. The van der Waals surface area contributed by atoms with Gasteiger partial charge in [0.1, 0.15) is 0 Å². The zero-order valence-corrected chi connectivity index (χ0v) is 10.7. The lowest BCUT2D eigenvalue weighted by atomic mass is 10.2. The van der Waals surface area contributed by atoms with Gasteiger partial charge < -0.3 is 16.0 Å². The predicted molar refractivity (Wildman–Crippen MR) is 70.0 cm³/mol. The molecule has 0 saturated heterocycles. The van der Waals surface area contributed by atoms with Crippen molar-refractivity contribution in [3.05, 3.63) is 35.9 Å². The molecule has 0 aliphatic carbocycles. The Morgan fingerprint density at radius 3 is 2.39 bits per heavy atom. The Bertz CT molecular complexity index is 390. The zero-order valence-electron chi connectivity index (χ0n) is 10.7. The molecule has 0 fully saturated rings. The predicted octanol–water partition coefficient (Wildman–Crippen LogP) is 1.01. The Morgan fingerprint density at radius 1 is 1.11 bits per heavy atom. The van der Waals surface area contributed by atoms with Gasteiger partial charge in [0.25, 0.3) is 0 Å². The maximum absolute atomic E-state index is 11.4. The fourth-order valence-electron chi connectivity index (χ4n) is 1.37. The van der Waals surface area contributed by atoms with Crippen LogP contribution in [0.4, 0.5) is 4.79 Å². The molecule has 0 aliphatic heterocycles. The molecule has 18 heavy (non-hydrogen) atoms. The van der Waals surface area contributed by atoms with Gasteiger partial charge in [-0.25, -0.2) is 4.79 Å². The first-order valence-electron chi connectivity index (χ1n) is 5.93. The Labute approximate surface area is 107 Å². The van der Waals surface area contributed by atoms with Crippen LogP contribution < -0.4 is 16.0 Å². The third-order valence-corrected chi connectivity index (χ3v) is 2.16. The van der Waals surface area contributed by atoms with Crippen molar-refractivity contribution in [1.29, 1.82) is 0 Å². The minimum atomic E-state index is -0.349. The largest absolute Gasteiger partial charge is 0.352 e. The number of nitrogens with one attached hydrogen (secondary N) is 3. The molecule has 1 rings (SSSR count). The van der Waals surface area contributed by atoms with Crippen molar-refractivity contribution in [3.63, 3.8) is 0 Å². The minimum Gasteiger partial charge on any atom is -0.352 e. The highest BCUT2D eigenvalue weighted by molar-refractivity contribution is 5.83. The van der Waals surface area contributed by atoms with Crippen molar-refractivity contribution in [3.8, 4) is 0 Å². The van der Waals surface area contributed by atoms with Crippen molar-refractivity contribution >= 4 is 11.9 Å². The van der Waals surface area contributed by atoms with Gasteiger partial charge in [-0.15, -0.1) is 0 Å². The Kier molecular flexibility index (Phi) is 5.70. The topological polar surface area (TPSA) is 70.2 Å². The van der Waals surface area contributed by atoms with Gasteiger partial charge in [-0.3, -0.25) is 4.79 Å². The second-order valence-electron chi connectivity index (χ2n) is 4.24. The lowest BCUT2D eigenvalue weighted by Gasteiger charge is -2.10. The van der Waals surface area contributed by atoms with Crippen LogP contribution in [0, 0.1) is 0 Å². The van der Waals surface area contributed by atoms with Gasteiger partial charge in [0.2, 0.25) is 5.91 Å². The molecule has 0 aliphatic rings. The van der Waals surface area contributed by atoms with Crippen LogP contribution in [0.1, 0.15) is 19.4 Å². The lowest BCUT2D eigenvalue weighted by molar-refractivity contribution is -0.120. The van der Waals surface area contributed by atoms with E-state index < -0.39 is 0 Å². The van der Waals surface area contributed by atoms with Crippen LogP contribution in [0.5, 0.6) is 0 Å². The SMILES string of the molecule is CC(C)NC(=O)CNC(=O)NCc1ccccc1. The zero-order chi connectivity index (χ0) is 13.4. The van der Waals surface area contributed by atoms with Gasteiger partial charge in [0, 0.05) is 12.6 Å². The number of carbonyl (C=O) groups is 2. The number of rotatable bonds is 5. The summed E-state index contributed by atoms with van der Waals surface area (Å²) in [4.78, 5) is 22.7. The molecule has 0 spiro atoms. The van der Waals surface area contributed by atoms with E-state index >= 15 is 0 Å². The van der Waals surface area contributed by atoms with Gasteiger partial charge in [0.05, 0.1) is 6.54 Å². The van der Waals surface area contributed by atoms with E-state index in [1.165, 1.54) is 0 Å².